The van der Waals surface area contributed by atoms with Crippen molar-refractivity contribution in [2.24, 2.45) is 0 Å². The van der Waals surface area contributed by atoms with Crippen LogP contribution >= 0.6 is 7.82 Å². The van der Waals surface area contributed by atoms with Gasteiger partial charge in [-0.05, 0) is 32.1 Å². The molecule has 1 amide bonds. The molecule has 0 aliphatic rings. The average molecular weight is 772 g/mol. The molecule has 1 unspecified atom stereocenters. The van der Waals surface area contributed by atoms with Crippen LogP contribution in [0.5, 0.6) is 0 Å². The molecule has 0 aromatic heterocycles. The van der Waals surface area contributed by atoms with Crippen LogP contribution in [0, 0.1) is 0 Å². The van der Waals surface area contributed by atoms with Crippen LogP contribution in [0.3, 0.4) is 0 Å². The topological polar surface area (TPSA) is 105 Å². The smallest absolute Gasteiger partial charge is 0.387 e. The van der Waals surface area contributed by atoms with E-state index in [1.807, 2.05) is 27.2 Å². The number of quaternary nitrogens is 1. The van der Waals surface area contributed by atoms with E-state index in [-0.39, 0.29) is 19.1 Å². The zero-order valence-corrected chi connectivity index (χ0v) is 36.4. The minimum atomic E-state index is -4.34. The Morgan fingerprint density at radius 1 is 0.623 bits per heavy atom. The van der Waals surface area contributed by atoms with Gasteiger partial charge in [-0.25, -0.2) is 4.57 Å². The number of nitrogens with one attached hydrogen (secondary N) is 1. The summed E-state index contributed by atoms with van der Waals surface area (Å²) in [5.74, 6) is -0.186. The molecule has 0 aromatic carbocycles. The molecule has 0 rings (SSSR count). The Morgan fingerprint density at radius 3 is 1.51 bits per heavy atom. The van der Waals surface area contributed by atoms with E-state index in [1.165, 1.54) is 141 Å². The standard InChI is InChI=1S/C44H87N2O6P/c1-6-8-10-12-14-16-18-20-22-23-24-26-28-30-32-34-36-38-44(48)45-42(41-52-53(49,50)51-40-39-46(3,4)5)43(47)37-35-33-31-29-27-25-21-19-17-15-13-11-9-7-2/h27,29,35,37,42-43,47H,6-26,28,30-34,36,38-41H2,1-5H3,(H-,45,48,49,50)/p+1/b29-27+,37-35+/t42-,43+/m0/s1. The third-order valence-electron chi connectivity index (χ3n) is 9.92. The first-order chi connectivity index (χ1) is 25.5. The molecule has 0 aliphatic carbocycles. The molecule has 3 N–H and O–H groups in total. The summed E-state index contributed by atoms with van der Waals surface area (Å²) in [5, 5.41) is 13.8. The van der Waals surface area contributed by atoms with Gasteiger partial charge in [-0.15, -0.1) is 0 Å². The molecule has 0 aliphatic heterocycles. The summed E-state index contributed by atoms with van der Waals surface area (Å²) in [6.45, 7) is 4.79. The molecule has 0 saturated heterocycles. The molecule has 0 fully saturated rings. The van der Waals surface area contributed by atoms with Gasteiger partial charge < -0.3 is 19.8 Å². The molecule has 314 valence electrons. The van der Waals surface area contributed by atoms with E-state index < -0.39 is 20.0 Å². The Hall–Kier alpha value is -1.02. The average Bonchev–Trinajstić information content (AvgIpc) is 3.10. The Labute approximate surface area is 328 Å². The molecule has 53 heavy (non-hydrogen) atoms. The van der Waals surface area contributed by atoms with Gasteiger partial charge in [0.2, 0.25) is 5.91 Å². The summed E-state index contributed by atoms with van der Waals surface area (Å²) in [4.78, 5) is 23.1. The normalized spacial score (nSPS) is 14.6. The Morgan fingerprint density at radius 2 is 1.04 bits per heavy atom. The maximum atomic E-state index is 12.9. The van der Waals surface area contributed by atoms with E-state index in [0.29, 0.717) is 17.4 Å². The fourth-order valence-electron chi connectivity index (χ4n) is 6.35. The lowest BCUT2D eigenvalue weighted by Gasteiger charge is -2.25. The number of rotatable bonds is 40. The highest BCUT2D eigenvalue weighted by atomic mass is 31.2. The summed E-state index contributed by atoms with van der Waals surface area (Å²) >= 11 is 0. The number of carbonyl (C=O) groups is 1. The summed E-state index contributed by atoms with van der Waals surface area (Å²) in [5.41, 5.74) is 0. The van der Waals surface area contributed by atoms with Gasteiger partial charge >= 0.3 is 7.82 Å². The highest BCUT2D eigenvalue weighted by Gasteiger charge is 2.27. The highest BCUT2D eigenvalue weighted by Crippen LogP contribution is 2.43. The van der Waals surface area contributed by atoms with Crippen LogP contribution < -0.4 is 5.32 Å². The minimum Gasteiger partial charge on any atom is -0.387 e. The molecule has 0 bridgehead atoms. The molecule has 0 heterocycles. The summed E-state index contributed by atoms with van der Waals surface area (Å²) < 4.78 is 23.5. The molecule has 0 saturated carbocycles. The van der Waals surface area contributed by atoms with Crippen molar-refractivity contribution in [2.75, 3.05) is 40.9 Å². The van der Waals surface area contributed by atoms with Crippen molar-refractivity contribution in [1.82, 2.24) is 5.32 Å². The number of likely N-dealkylation sites (N-methyl/N-ethyl adjacent to an activating group) is 1. The van der Waals surface area contributed by atoms with Gasteiger partial charge in [0.25, 0.3) is 0 Å². The van der Waals surface area contributed by atoms with Gasteiger partial charge in [-0.1, -0.05) is 186 Å². The second-order valence-corrected chi connectivity index (χ2v) is 17.9. The van der Waals surface area contributed by atoms with Crippen molar-refractivity contribution in [3.05, 3.63) is 24.3 Å². The first-order valence-electron chi connectivity index (χ1n) is 22.2. The number of hydrogen-bond donors (Lipinski definition) is 3. The number of hydrogen-bond acceptors (Lipinski definition) is 5. The number of allylic oxidation sites excluding steroid dienone is 3. The maximum Gasteiger partial charge on any atom is 0.472 e. The fourth-order valence-corrected chi connectivity index (χ4v) is 7.09. The second kappa shape index (κ2) is 36.6. The molecule has 0 aromatic rings. The fraction of sp³-hybridized carbons (Fsp3) is 0.886. The molecule has 0 spiro atoms. The van der Waals surface area contributed by atoms with Crippen LogP contribution in [-0.4, -0.2) is 73.4 Å². The van der Waals surface area contributed by atoms with Crippen LogP contribution in [0.2, 0.25) is 0 Å². The van der Waals surface area contributed by atoms with Gasteiger partial charge in [0.1, 0.15) is 13.2 Å². The third kappa shape index (κ3) is 39.0. The Balaban J connectivity index is 4.44. The zero-order valence-electron chi connectivity index (χ0n) is 35.5. The van der Waals surface area contributed by atoms with Gasteiger partial charge in [-0.2, -0.15) is 0 Å². The van der Waals surface area contributed by atoms with Crippen molar-refractivity contribution in [2.45, 2.75) is 212 Å². The largest absolute Gasteiger partial charge is 0.472 e. The monoisotopic (exact) mass is 772 g/mol. The van der Waals surface area contributed by atoms with Crippen molar-refractivity contribution >= 4 is 13.7 Å². The maximum absolute atomic E-state index is 12.9. The Bertz CT molecular complexity index is 922. The van der Waals surface area contributed by atoms with Crippen molar-refractivity contribution in [1.29, 1.82) is 0 Å². The predicted octanol–water partition coefficient (Wildman–Crippen LogP) is 12.1. The quantitative estimate of drug-likeness (QED) is 0.0248. The number of carbonyl (C=O) groups excluding carboxylic acids is 1. The number of nitrogens with zero attached hydrogens (tertiary/aromatic N) is 1. The minimum absolute atomic E-state index is 0.0582. The van der Waals surface area contributed by atoms with E-state index in [0.717, 1.165) is 38.5 Å². The van der Waals surface area contributed by atoms with Crippen molar-refractivity contribution < 1.29 is 32.9 Å². The molecular formula is C44H88N2O6P+. The predicted molar refractivity (Wildman–Crippen MR) is 226 cm³/mol. The van der Waals surface area contributed by atoms with E-state index in [2.05, 4.69) is 31.3 Å². The first-order valence-corrected chi connectivity index (χ1v) is 23.7. The van der Waals surface area contributed by atoms with Gasteiger partial charge in [0, 0.05) is 6.42 Å². The zero-order chi connectivity index (χ0) is 39.3. The molecule has 0 radical (unpaired) electrons. The summed E-state index contributed by atoms with van der Waals surface area (Å²) in [6.07, 6.45) is 42.4. The van der Waals surface area contributed by atoms with Crippen LogP contribution in [-0.2, 0) is 18.4 Å². The first kappa shape index (κ1) is 52.0. The van der Waals surface area contributed by atoms with Gasteiger partial charge in [-0.3, -0.25) is 13.8 Å². The van der Waals surface area contributed by atoms with E-state index >= 15 is 0 Å². The van der Waals surface area contributed by atoms with Gasteiger partial charge in [0.15, 0.2) is 0 Å². The van der Waals surface area contributed by atoms with E-state index in [9.17, 15) is 19.4 Å². The summed E-state index contributed by atoms with van der Waals surface area (Å²) in [6, 6.07) is -0.857. The molecular weight excluding hydrogens is 683 g/mol. The molecule has 3 atom stereocenters. The van der Waals surface area contributed by atoms with Crippen LogP contribution in [0.25, 0.3) is 0 Å². The Kier molecular flexibility index (Phi) is 35.9. The highest BCUT2D eigenvalue weighted by molar-refractivity contribution is 7.47. The SMILES string of the molecule is CCCCCCCCCC/C=C/CC/C=C/[C@@H](O)[C@H](COP(=O)(O)OCC[N+](C)(C)C)NC(=O)CCCCCCCCCCCCCCCCCCC. The third-order valence-corrected chi connectivity index (χ3v) is 10.9. The lowest BCUT2D eigenvalue weighted by atomic mass is 10.0. The van der Waals surface area contributed by atoms with Crippen molar-refractivity contribution in [3.8, 4) is 0 Å². The van der Waals surface area contributed by atoms with Crippen LogP contribution in [0.1, 0.15) is 200 Å². The molecule has 8 nitrogen and oxygen atoms in total. The van der Waals surface area contributed by atoms with Crippen molar-refractivity contribution in [3.63, 3.8) is 0 Å². The van der Waals surface area contributed by atoms with Gasteiger partial charge in [0.05, 0.1) is 39.9 Å². The number of aliphatic hydroxyl groups is 1. The second-order valence-electron chi connectivity index (χ2n) is 16.4. The lowest BCUT2D eigenvalue weighted by molar-refractivity contribution is -0.870. The van der Waals surface area contributed by atoms with E-state index in [4.69, 9.17) is 9.05 Å². The van der Waals surface area contributed by atoms with Crippen LogP contribution in [0.4, 0.5) is 0 Å². The lowest BCUT2D eigenvalue weighted by Crippen LogP contribution is -2.45. The van der Waals surface area contributed by atoms with E-state index in [1.54, 1.807) is 6.08 Å². The molecule has 9 heteroatoms. The number of unbranched alkanes of at least 4 members (excludes halogenated alkanes) is 25. The number of amides is 1. The number of phosphoric acid groups is 1. The number of phosphoric ester groups is 1. The van der Waals surface area contributed by atoms with Crippen LogP contribution in [0.15, 0.2) is 24.3 Å². The summed E-state index contributed by atoms with van der Waals surface area (Å²) in [7, 11) is 1.56. The number of aliphatic hydroxyl groups excluding tert-OH is 1.